The number of benzene rings is 1. The molecule has 2 atom stereocenters. The Bertz CT molecular complexity index is 642. The Morgan fingerprint density at radius 3 is 2.86 bits per heavy atom. The largest absolute Gasteiger partial charge is 0.493 e. The summed E-state index contributed by atoms with van der Waals surface area (Å²) in [4.78, 5) is 12.5. The standard InChI is InChI=1S/C18H20O3/c1-18(2)12-10-20-14-8-4-3-6-11(14)16(12)17-13(19)7-5-9-15(17)21-18/h3-4,6,8,12,16H,5,7,9-10H2,1-2H3/t12-,16-/m0/s1. The maximum Gasteiger partial charge on any atom is 0.162 e. The molecule has 0 fully saturated rings. The normalized spacial score (nSPS) is 29.7. The molecule has 3 aliphatic rings. The van der Waals surface area contributed by atoms with Gasteiger partial charge in [-0.15, -0.1) is 0 Å². The van der Waals surface area contributed by atoms with Gasteiger partial charge in [0, 0.05) is 35.8 Å². The molecule has 0 radical (unpaired) electrons. The van der Waals surface area contributed by atoms with Gasteiger partial charge in [0.1, 0.15) is 17.1 Å². The molecule has 0 saturated carbocycles. The van der Waals surface area contributed by atoms with Crippen LogP contribution in [0.25, 0.3) is 0 Å². The summed E-state index contributed by atoms with van der Waals surface area (Å²) in [5.74, 6) is 2.42. The molecule has 1 aromatic carbocycles. The quantitative estimate of drug-likeness (QED) is 0.730. The number of hydrogen-bond acceptors (Lipinski definition) is 3. The first-order valence-corrected chi connectivity index (χ1v) is 7.75. The molecule has 1 aliphatic carbocycles. The Hall–Kier alpha value is -1.77. The number of ketones is 1. The van der Waals surface area contributed by atoms with Gasteiger partial charge < -0.3 is 9.47 Å². The summed E-state index contributed by atoms with van der Waals surface area (Å²) in [5.41, 5.74) is 1.77. The maximum atomic E-state index is 12.5. The monoisotopic (exact) mass is 284 g/mol. The fraction of sp³-hybridized carbons (Fsp3) is 0.500. The van der Waals surface area contributed by atoms with Gasteiger partial charge in [-0.25, -0.2) is 0 Å². The van der Waals surface area contributed by atoms with Crippen LogP contribution in [0.1, 0.15) is 44.6 Å². The molecular formula is C18H20O3. The van der Waals surface area contributed by atoms with Crippen molar-refractivity contribution in [2.24, 2.45) is 5.92 Å². The lowest BCUT2D eigenvalue weighted by atomic mass is 9.67. The third kappa shape index (κ3) is 1.83. The Morgan fingerprint density at radius 1 is 1.19 bits per heavy atom. The summed E-state index contributed by atoms with van der Waals surface area (Å²) in [7, 11) is 0. The highest BCUT2D eigenvalue weighted by Gasteiger charge is 2.50. The zero-order valence-corrected chi connectivity index (χ0v) is 12.5. The average molecular weight is 284 g/mol. The van der Waals surface area contributed by atoms with Crippen molar-refractivity contribution >= 4 is 5.78 Å². The van der Waals surface area contributed by atoms with Crippen LogP contribution in [0.15, 0.2) is 35.6 Å². The smallest absolute Gasteiger partial charge is 0.162 e. The van der Waals surface area contributed by atoms with Crippen molar-refractivity contribution in [2.45, 2.75) is 44.6 Å². The first-order chi connectivity index (χ1) is 10.1. The van der Waals surface area contributed by atoms with E-state index in [1.165, 1.54) is 0 Å². The fourth-order valence-corrected chi connectivity index (χ4v) is 4.00. The van der Waals surface area contributed by atoms with E-state index < -0.39 is 0 Å². The van der Waals surface area contributed by atoms with Crippen LogP contribution >= 0.6 is 0 Å². The van der Waals surface area contributed by atoms with E-state index in [2.05, 4.69) is 19.9 Å². The molecule has 2 aliphatic heterocycles. The molecule has 0 spiro atoms. The molecular weight excluding hydrogens is 264 g/mol. The summed E-state index contributed by atoms with van der Waals surface area (Å²) in [6, 6.07) is 8.11. The highest BCUT2D eigenvalue weighted by molar-refractivity contribution is 5.98. The maximum absolute atomic E-state index is 12.5. The van der Waals surface area contributed by atoms with E-state index in [0.717, 1.165) is 35.5 Å². The number of carbonyl (C=O) groups excluding carboxylic acids is 1. The molecule has 2 heterocycles. The van der Waals surface area contributed by atoms with Crippen LogP contribution in [0, 0.1) is 5.92 Å². The topological polar surface area (TPSA) is 35.5 Å². The van der Waals surface area contributed by atoms with Crippen molar-refractivity contribution in [3.8, 4) is 5.75 Å². The summed E-state index contributed by atoms with van der Waals surface area (Å²) < 4.78 is 12.1. The predicted octanol–water partition coefficient (Wildman–Crippen LogP) is 3.59. The second-order valence-electron chi connectivity index (χ2n) is 6.75. The van der Waals surface area contributed by atoms with E-state index >= 15 is 0 Å². The summed E-state index contributed by atoms with van der Waals surface area (Å²) in [5, 5.41) is 0. The molecule has 21 heavy (non-hydrogen) atoms. The van der Waals surface area contributed by atoms with Crippen molar-refractivity contribution in [1.82, 2.24) is 0 Å². The molecule has 0 amide bonds. The van der Waals surface area contributed by atoms with Gasteiger partial charge >= 0.3 is 0 Å². The van der Waals surface area contributed by atoms with E-state index in [-0.39, 0.29) is 23.2 Å². The van der Waals surface area contributed by atoms with Crippen molar-refractivity contribution in [2.75, 3.05) is 6.61 Å². The second-order valence-corrected chi connectivity index (χ2v) is 6.75. The number of fused-ring (bicyclic) bond motifs is 4. The molecule has 3 nitrogen and oxygen atoms in total. The van der Waals surface area contributed by atoms with Gasteiger partial charge in [-0.1, -0.05) is 18.2 Å². The minimum atomic E-state index is -0.297. The lowest BCUT2D eigenvalue weighted by Gasteiger charge is -2.49. The highest BCUT2D eigenvalue weighted by Crippen LogP contribution is 2.53. The summed E-state index contributed by atoms with van der Waals surface area (Å²) >= 11 is 0. The van der Waals surface area contributed by atoms with Crippen LogP contribution in [0.2, 0.25) is 0 Å². The van der Waals surface area contributed by atoms with Crippen LogP contribution in [-0.2, 0) is 9.53 Å². The first-order valence-electron chi connectivity index (χ1n) is 7.75. The molecule has 0 bridgehead atoms. The third-order valence-corrected chi connectivity index (χ3v) is 5.07. The number of para-hydroxylation sites is 1. The van der Waals surface area contributed by atoms with Gasteiger partial charge in [-0.05, 0) is 26.3 Å². The summed E-state index contributed by atoms with van der Waals surface area (Å²) in [6.45, 7) is 4.84. The lowest BCUT2D eigenvalue weighted by molar-refractivity contribution is -0.121. The van der Waals surface area contributed by atoms with Crippen molar-refractivity contribution in [3.63, 3.8) is 0 Å². The van der Waals surface area contributed by atoms with E-state index in [4.69, 9.17) is 9.47 Å². The van der Waals surface area contributed by atoms with Crippen molar-refractivity contribution < 1.29 is 14.3 Å². The van der Waals surface area contributed by atoms with E-state index in [0.29, 0.717) is 13.0 Å². The molecule has 0 aromatic heterocycles. The molecule has 3 heteroatoms. The van der Waals surface area contributed by atoms with E-state index in [1.54, 1.807) is 0 Å². The number of rotatable bonds is 0. The number of hydrogen-bond donors (Lipinski definition) is 0. The van der Waals surface area contributed by atoms with Crippen LogP contribution in [0.5, 0.6) is 5.75 Å². The number of allylic oxidation sites excluding steroid dienone is 2. The average Bonchev–Trinajstić information content (AvgIpc) is 2.46. The summed E-state index contributed by atoms with van der Waals surface area (Å²) in [6.07, 6.45) is 2.44. The molecule has 0 saturated heterocycles. The van der Waals surface area contributed by atoms with Crippen molar-refractivity contribution in [3.05, 3.63) is 41.2 Å². The zero-order valence-electron chi connectivity index (χ0n) is 12.5. The Balaban J connectivity index is 1.93. The van der Waals surface area contributed by atoms with Crippen LogP contribution in [0.4, 0.5) is 0 Å². The fourth-order valence-electron chi connectivity index (χ4n) is 4.00. The van der Waals surface area contributed by atoms with Gasteiger partial charge in [-0.3, -0.25) is 4.79 Å². The minimum Gasteiger partial charge on any atom is -0.493 e. The van der Waals surface area contributed by atoms with Crippen LogP contribution in [0.3, 0.4) is 0 Å². The second kappa shape index (κ2) is 4.36. The number of Topliss-reactive ketones (excluding diaryl/α,β-unsaturated/α-hetero) is 1. The first kappa shape index (κ1) is 12.9. The molecule has 4 rings (SSSR count). The lowest BCUT2D eigenvalue weighted by Crippen LogP contribution is -2.49. The Kier molecular flexibility index (Phi) is 2.69. The van der Waals surface area contributed by atoms with Crippen molar-refractivity contribution in [1.29, 1.82) is 0 Å². The SMILES string of the molecule is CC1(C)OC2=C(C(=O)CCC2)[C@H]2c3ccccc3OC[C@@H]21. The number of ether oxygens (including phenoxy) is 2. The van der Waals surface area contributed by atoms with Crippen LogP contribution < -0.4 is 4.74 Å². The highest BCUT2D eigenvalue weighted by atomic mass is 16.5. The van der Waals surface area contributed by atoms with Gasteiger partial charge in [0.15, 0.2) is 5.78 Å². The predicted molar refractivity (Wildman–Crippen MR) is 79.2 cm³/mol. The zero-order chi connectivity index (χ0) is 14.6. The molecule has 0 unspecified atom stereocenters. The molecule has 110 valence electrons. The van der Waals surface area contributed by atoms with E-state index in [1.807, 2.05) is 18.2 Å². The Morgan fingerprint density at radius 2 is 2.00 bits per heavy atom. The van der Waals surface area contributed by atoms with Gasteiger partial charge in [0.05, 0.1) is 6.61 Å². The van der Waals surface area contributed by atoms with E-state index in [9.17, 15) is 4.79 Å². The van der Waals surface area contributed by atoms with Gasteiger partial charge in [-0.2, -0.15) is 0 Å². The van der Waals surface area contributed by atoms with Gasteiger partial charge in [0.25, 0.3) is 0 Å². The minimum absolute atomic E-state index is 0.126. The Labute approximate surface area is 124 Å². The van der Waals surface area contributed by atoms with Crippen LogP contribution in [-0.4, -0.2) is 18.0 Å². The van der Waals surface area contributed by atoms with Gasteiger partial charge in [0.2, 0.25) is 0 Å². The number of carbonyl (C=O) groups is 1. The third-order valence-electron chi connectivity index (χ3n) is 5.07. The molecule has 0 N–H and O–H groups in total. The molecule has 1 aromatic rings.